The van der Waals surface area contributed by atoms with E-state index in [0.29, 0.717) is 5.56 Å². The zero-order chi connectivity index (χ0) is 19.4. The monoisotopic (exact) mass is 366 g/mol. The maximum absolute atomic E-state index is 13.9. The van der Waals surface area contributed by atoms with Gasteiger partial charge in [-0.15, -0.1) is 0 Å². The standard InChI is InChI=1S/C20H20BFN2O3/c22-19-4-3-15(9-17(19)10-21(26)27)18(11-23)20(25)8-13-1-2-16-12-24-6-5-14(16)7-13/h1-7,9,12,18,26-27H,8,10-11,23H2/t18-/m1/s1. The van der Waals surface area contributed by atoms with Crippen LogP contribution in [0.5, 0.6) is 0 Å². The van der Waals surface area contributed by atoms with Crippen molar-refractivity contribution in [2.45, 2.75) is 18.7 Å². The molecule has 0 aliphatic carbocycles. The molecule has 2 aromatic carbocycles. The van der Waals surface area contributed by atoms with Gasteiger partial charge in [0.2, 0.25) is 0 Å². The highest BCUT2D eigenvalue weighted by atomic mass is 19.1. The first-order valence-electron chi connectivity index (χ1n) is 8.68. The highest BCUT2D eigenvalue weighted by molar-refractivity contribution is 6.40. The van der Waals surface area contributed by atoms with Crippen LogP contribution in [0.1, 0.15) is 22.6 Å². The highest BCUT2D eigenvalue weighted by Crippen LogP contribution is 2.23. The summed E-state index contributed by atoms with van der Waals surface area (Å²) in [6.07, 6.45) is 3.42. The maximum Gasteiger partial charge on any atom is 0.456 e. The van der Waals surface area contributed by atoms with E-state index >= 15 is 0 Å². The van der Waals surface area contributed by atoms with E-state index in [2.05, 4.69) is 4.98 Å². The van der Waals surface area contributed by atoms with E-state index in [1.165, 1.54) is 18.2 Å². The van der Waals surface area contributed by atoms with E-state index in [-0.39, 0.29) is 30.6 Å². The number of nitrogens with zero attached hydrogens (tertiary/aromatic N) is 1. The Morgan fingerprint density at radius 3 is 2.70 bits per heavy atom. The lowest BCUT2D eigenvalue weighted by molar-refractivity contribution is -0.119. The van der Waals surface area contributed by atoms with Crippen LogP contribution < -0.4 is 5.73 Å². The van der Waals surface area contributed by atoms with Gasteiger partial charge in [-0.3, -0.25) is 9.78 Å². The van der Waals surface area contributed by atoms with E-state index in [0.717, 1.165) is 16.3 Å². The van der Waals surface area contributed by atoms with Crippen molar-refractivity contribution in [2.24, 2.45) is 5.73 Å². The van der Waals surface area contributed by atoms with Crippen molar-refractivity contribution >= 4 is 23.7 Å². The molecule has 1 heterocycles. The Balaban J connectivity index is 1.83. The lowest BCUT2D eigenvalue weighted by Gasteiger charge is -2.16. The molecule has 7 heteroatoms. The summed E-state index contributed by atoms with van der Waals surface area (Å²) < 4.78 is 13.9. The fourth-order valence-corrected chi connectivity index (χ4v) is 3.19. The van der Waals surface area contributed by atoms with Crippen LogP contribution in [0.15, 0.2) is 54.9 Å². The average Bonchev–Trinajstić information content (AvgIpc) is 2.64. The molecular weight excluding hydrogens is 346 g/mol. The Hall–Kier alpha value is -2.61. The molecule has 138 valence electrons. The maximum atomic E-state index is 13.9. The van der Waals surface area contributed by atoms with Crippen LogP contribution in [-0.4, -0.2) is 34.5 Å². The number of rotatable bonds is 7. The zero-order valence-corrected chi connectivity index (χ0v) is 14.7. The number of hydrogen-bond donors (Lipinski definition) is 3. The summed E-state index contributed by atoms with van der Waals surface area (Å²) in [5.41, 5.74) is 7.40. The first kappa shape index (κ1) is 19.2. The van der Waals surface area contributed by atoms with Crippen molar-refractivity contribution in [3.8, 4) is 0 Å². The predicted molar refractivity (Wildman–Crippen MR) is 103 cm³/mol. The second-order valence-electron chi connectivity index (χ2n) is 6.52. The van der Waals surface area contributed by atoms with Crippen LogP contribution in [0, 0.1) is 5.82 Å². The van der Waals surface area contributed by atoms with Crippen LogP contribution >= 0.6 is 0 Å². The van der Waals surface area contributed by atoms with Crippen LogP contribution in [-0.2, 0) is 17.5 Å². The molecule has 0 radical (unpaired) electrons. The first-order chi connectivity index (χ1) is 13.0. The Kier molecular flexibility index (Phi) is 5.96. The number of Topliss-reactive ketones (excluding diaryl/α,β-unsaturated/α-hetero) is 1. The topological polar surface area (TPSA) is 96.4 Å². The van der Waals surface area contributed by atoms with Gasteiger partial charge in [0.1, 0.15) is 11.6 Å². The first-order valence-corrected chi connectivity index (χ1v) is 8.68. The molecule has 4 N–H and O–H groups in total. The number of hydrogen-bond acceptors (Lipinski definition) is 5. The fraction of sp³-hybridized carbons (Fsp3) is 0.200. The lowest BCUT2D eigenvalue weighted by atomic mass is 9.80. The van der Waals surface area contributed by atoms with Crippen molar-refractivity contribution in [1.29, 1.82) is 0 Å². The SMILES string of the molecule is NC[C@@H](C(=O)Cc1ccc2cnccc2c1)c1ccc(F)c(CB(O)O)c1. The third-order valence-electron chi connectivity index (χ3n) is 4.58. The fourth-order valence-electron chi connectivity index (χ4n) is 3.19. The third kappa shape index (κ3) is 4.57. The van der Waals surface area contributed by atoms with Gasteiger partial charge in [-0.2, -0.15) is 0 Å². The van der Waals surface area contributed by atoms with E-state index in [4.69, 9.17) is 15.8 Å². The minimum Gasteiger partial charge on any atom is -0.427 e. The predicted octanol–water partition coefficient (Wildman–Crippen LogP) is 1.78. The number of nitrogens with two attached hydrogens (primary N) is 1. The van der Waals surface area contributed by atoms with Crippen LogP contribution in [0.3, 0.4) is 0 Å². The van der Waals surface area contributed by atoms with Gasteiger partial charge < -0.3 is 15.8 Å². The van der Waals surface area contributed by atoms with E-state index in [9.17, 15) is 9.18 Å². The summed E-state index contributed by atoms with van der Waals surface area (Å²) in [7, 11) is -1.66. The molecule has 0 bridgehead atoms. The molecule has 0 unspecified atom stereocenters. The van der Waals surface area contributed by atoms with Crippen molar-refractivity contribution in [1.82, 2.24) is 4.98 Å². The summed E-state index contributed by atoms with van der Waals surface area (Å²) in [5.74, 6) is -1.21. The number of carbonyl (C=O) groups is 1. The molecule has 0 spiro atoms. The molecule has 0 aliphatic heterocycles. The van der Waals surface area contributed by atoms with Gasteiger partial charge in [0.25, 0.3) is 0 Å². The summed E-state index contributed by atoms with van der Waals surface area (Å²) >= 11 is 0. The summed E-state index contributed by atoms with van der Waals surface area (Å²) in [5, 5.41) is 20.2. The third-order valence-corrected chi connectivity index (χ3v) is 4.58. The average molecular weight is 366 g/mol. The van der Waals surface area contributed by atoms with Crippen LogP contribution in [0.2, 0.25) is 0 Å². The number of carbonyl (C=O) groups excluding carboxylic acids is 1. The smallest absolute Gasteiger partial charge is 0.427 e. The van der Waals surface area contributed by atoms with Crippen LogP contribution in [0.25, 0.3) is 10.8 Å². The minimum atomic E-state index is -1.66. The molecule has 0 saturated carbocycles. The minimum absolute atomic E-state index is 0.0759. The van der Waals surface area contributed by atoms with Gasteiger partial charge in [-0.25, -0.2) is 4.39 Å². The second kappa shape index (κ2) is 8.39. The number of pyridine rings is 1. The van der Waals surface area contributed by atoms with Gasteiger partial charge in [-0.1, -0.05) is 30.3 Å². The van der Waals surface area contributed by atoms with Gasteiger partial charge in [-0.05, 0) is 34.2 Å². The number of benzene rings is 2. The number of halogens is 1. The zero-order valence-electron chi connectivity index (χ0n) is 14.7. The van der Waals surface area contributed by atoms with Gasteiger partial charge in [0.05, 0.1) is 5.92 Å². The van der Waals surface area contributed by atoms with E-state index in [1.54, 1.807) is 12.4 Å². The van der Waals surface area contributed by atoms with Crippen molar-refractivity contribution in [2.75, 3.05) is 6.54 Å². The molecule has 1 aromatic heterocycles. The summed E-state index contributed by atoms with van der Waals surface area (Å²) in [4.78, 5) is 16.9. The highest BCUT2D eigenvalue weighted by Gasteiger charge is 2.22. The lowest BCUT2D eigenvalue weighted by Crippen LogP contribution is -2.24. The van der Waals surface area contributed by atoms with Crippen molar-refractivity contribution < 1.29 is 19.2 Å². The Labute approximate surface area is 156 Å². The Bertz CT molecular complexity index is 965. The van der Waals surface area contributed by atoms with Gasteiger partial charge >= 0.3 is 7.12 Å². The molecule has 27 heavy (non-hydrogen) atoms. The molecule has 0 aliphatic rings. The molecule has 0 saturated heterocycles. The number of aromatic nitrogens is 1. The van der Waals surface area contributed by atoms with Crippen molar-refractivity contribution in [3.63, 3.8) is 0 Å². The van der Waals surface area contributed by atoms with Crippen molar-refractivity contribution in [3.05, 3.63) is 77.4 Å². The Morgan fingerprint density at radius 2 is 1.96 bits per heavy atom. The summed E-state index contributed by atoms with van der Waals surface area (Å²) in [6, 6.07) is 11.9. The molecule has 3 rings (SSSR count). The second-order valence-corrected chi connectivity index (χ2v) is 6.52. The van der Waals surface area contributed by atoms with E-state index in [1.807, 2.05) is 24.3 Å². The largest absolute Gasteiger partial charge is 0.456 e. The molecule has 3 aromatic rings. The molecule has 0 fully saturated rings. The van der Waals surface area contributed by atoms with E-state index < -0.39 is 18.9 Å². The molecule has 5 nitrogen and oxygen atoms in total. The number of ketones is 1. The molecule has 0 amide bonds. The van der Waals surface area contributed by atoms with Gasteiger partial charge in [0, 0.05) is 37.1 Å². The molecule has 1 atom stereocenters. The quantitative estimate of drug-likeness (QED) is 0.554. The summed E-state index contributed by atoms with van der Waals surface area (Å²) in [6.45, 7) is 0.0864. The Morgan fingerprint density at radius 1 is 1.15 bits per heavy atom. The number of fused-ring (bicyclic) bond motifs is 1. The normalized spacial score (nSPS) is 12.1. The van der Waals surface area contributed by atoms with Gasteiger partial charge in [0.15, 0.2) is 0 Å². The molecular formula is C20H20BFN2O3. The van der Waals surface area contributed by atoms with Crippen LogP contribution in [0.4, 0.5) is 4.39 Å².